The van der Waals surface area contributed by atoms with Gasteiger partial charge in [0.15, 0.2) is 0 Å². The van der Waals surface area contributed by atoms with Crippen LogP contribution in [-0.4, -0.2) is 32.3 Å². The third kappa shape index (κ3) is 3.50. The Balaban J connectivity index is 2.42. The zero-order valence-electron chi connectivity index (χ0n) is 10.2. The Labute approximate surface area is 95.9 Å². The van der Waals surface area contributed by atoms with Crippen LogP contribution in [-0.2, 0) is 13.6 Å². The van der Waals surface area contributed by atoms with E-state index >= 15 is 0 Å². The van der Waals surface area contributed by atoms with Gasteiger partial charge in [-0.15, -0.1) is 10.2 Å². The van der Waals surface area contributed by atoms with E-state index in [4.69, 9.17) is 0 Å². The SMILES string of the molecule is CSC(C)(C)CNCc1nnc(C)n1C. The zero-order valence-corrected chi connectivity index (χ0v) is 11.0. The normalized spacial score (nSPS) is 12.1. The van der Waals surface area contributed by atoms with Crippen molar-refractivity contribution in [2.45, 2.75) is 32.1 Å². The minimum atomic E-state index is 0.271. The average Bonchev–Trinajstić information content (AvgIpc) is 2.49. The van der Waals surface area contributed by atoms with Crippen molar-refractivity contribution in [2.24, 2.45) is 7.05 Å². The molecule has 1 heterocycles. The lowest BCUT2D eigenvalue weighted by molar-refractivity contribution is 0.567. The molecule has 0 unspecified atom stereocenters. The van der Waals surface area contributed by atoms with Gasteiger partial charge in [0.05, 0.1) is 6.54 Å². The van der Waals surface area contributed by atoms with E-state index in [1.165, 1.54) is 0 Å². The van der Waals surface area contributed by atoms with Crippen molar-refractivity contribution in [3.8, 4) is 0 Å². The van der Waals surface area contributed by atoms with Crippen molar-refractivity contribution in [1.29, 1.82) is 0 Å². The van der Waals surface area contributed by atoms with Crippen LogP contribution in [0.5, 0.6) is 0 Å². The minimum absolute atomic E-state index is 0.271. The Bertz CT molecular complexity index is 319. The Morgan fingerprint density at radius 2 is 2.07 bits per heavy atom. The zero-order chi connectivity index (χ0) is 11.5. The van der Waals surface area contributed by atoms with E-state index in [-0.39, 0.29) is 4.75 Å². The summed E-state index contributed by atoms with van der Waals surface area (Å²) in [4.78, 5) is 0. The second-order valence-electron chi connectivity index (χ2n) is 4.29. The van der Waals surface area contributed by atoms with Crippen molar-refractivity contribution >= 4 is 11.8 Å². The molecule has 0 amide bonds. The summed E-state index contributed by atoms with van der Waals surface area (Å²) in [6.45, 7) is 8.17. The first-order valence-corrected chi connectivity index (χ1v) is 6.29. The van der Waals surface area contributed by atoms with Crippen molar-refractivity contribution in [1.82, 2.24) is 20.1 Å². The highest BCUT2D eigenvalue weighted by Gasteiger charge is 2.15. The molecule has 0 saturated carbocycles. The molecule has 86 valence electrons. The number of aromatic nitrogens is 3. The second kappa shape index (κ2) is 4.99. The molecule has 4 nitrogen and oxygen atoms in total. The van der Waals surface area contributed by atoms with Crippen molar-refractivity contribution in [2.75, 3.05) is 12.8 Å². The summed E-state index contributed by atoms with van der Waals surface area (Å²) >= 11 is 1.87. The first-order valence-electron chi connectivity index (χ1n) is 5.07. The van der Waals surface area contributed by atoms with Crippen LogP contribution in [0.4, 0.5) is 0 Å². The lowest BCUT2D eigenvalue weighted by atomic mass is 10.2. The maximum Gasteiger partial charge on any atom is 0.146 e. The molecule has 15 heavy (non-hydrogen) atoms. The number of thioether (sulfide) groups is 1. The third-order valence-corrected chi connectivity index (χ3v) is 3.82. The fourth-order valence-electron chi connectivity index (χ4n) is 1.15. The molecule has 0 aliphatic carbocycles. The van der Waals surface area contributed by atoms with Crippen LogP contribution in [0.25, 0.3) is 0 Å². The molecule has 0 aliphatic heterocycles. The van der Waals surface area contributed by atoms with E-state index < -0.39 is 0 Å². The van der Waals surface area contributed by atoms with Gasteiger partial charge >= 0.3 is 0 Å². The molecule has 0 atom stereocenters. The molecular weight excluding hydrogens is 208 g/mol. The summed E-state index contributed by atoms with van der Waals surface area (Å²) in [5, 5.41) is 11.5. The number of rotatable bonds is 5. The molecule has 0 radical (unpaired) electrons. The van der Waals surface area contributed by atoms with Crippen LogP contribution in [0.3, 0.4) is 0 Å². The highest BCUT2D eigenvalue weighted by Crippen LogP contribution is 2.19. The monoisotopic (exact) mass is 228 g/mol. The molecule has 1 N–H and O–H groups in total. The van der Waals surface area contributed by atoms with Crippen LogP contribution in [0.1, 0.15) is 25.5 Å². The predicted octanol–water partition coefficient (Wildman–Crippen LogP) is 1.35. The van der Waals surface area contributed by atoms with E-state index in [0.29, 0.717) is 0 Å². The van der Waals surface area contributed by atoms with Crippen LogP contribution in [0.2, 0.25) is 0 Å². The first-order chi connectivity index (χ1) is 6.96. The standard InChI is InChI=1S/C10H20N4S/c1-8-12-13-9(14(8)4)6-11-7-10(2,3)15-5/h11H,6-7H2,1-5H3. The molecule has 0 spiro atoms. The maximum absolute atomic E-state index is 4.10. The summed E-state index contributed by atoms with van der Waals surface area (Å²) in [5.41, 5.74) is 0. The molecule has 1 aromatic rings. The van der Waals surface area contributed by atoms with Crippen LogP contribution < -0.4 is 5.32 Å². The largest absolute Gasteiger partial charge is 0.317 e. The first kappa shape index (κ1) is 12.5. The van der Waals surface area contributed by atoms with Gasteiger partial charge in [0.2, 0.25) is 0 Å². The molecule has 1 aromatic heterocycles. The molecule has 0 aliphatic rings. The van der Waals surface area contributed by atoms with Crippen LogP contribution >= 0.6 is 11.8 Å². The van der Waals surface area contributed by atoms with E-state index in [0.717, 1.165) is 24.7 Å². The van der Waals surface area contributed by atoms with E-state index in [2.05, 4.69) is 35.6 Å². The number of nitrogens with one attached hydrogen (secondary N) is 1. The van der Waals surface area contributed by atoms with Crippen molar-refractivity contribution in [3.63, 3.8) is 0 Å². The highest BCUT2D eigenvalue weighted by molar-refractivity contribution is 7.99. The predicted molar refractivity (Wildman–Crippen MR) is 65.0 cm³/mol. The van der Waals surface area contributed by atoms with Crippen molar-refractivity contribution in [3.05, 3.63) is 11.6 Å². The summed E-state index contributed by atoms with van der Waals surface area (Å²) < 4.78 is 2.28. The highest BCUT2D eigenvalue weighted by atomic mass is 32.2. The van der Waals surface area contributed by atoms with Crippen LogP contribution in [0.15, 0.2) is 0 Å². The van der Waals surface area contributed by atoms with Gasteiger partial charge in [-0.2, -0.15) is 11.8 Å². The number of nitrogens with zero attached hydrogens (tertiary/aromatic N) is 3. The fourth-order valence-corrected chi connectivity index (χ4v) is 1.40. The Kier molecular flexibility index (Phi) is 4.16. The molecule has 0 bridgehead atoms. The smallest absolute Gasteiger partial charge is 0.146 e. The number of hydrogen-bond donors (Lipinski definition) is 1. The van der Waals surface area contributed by atoms with E-state index in [9.17, 15) is 0 Å². The van der Waals surface area contributed by atoms with Gasteiger partial charge in [-0.3, -0.25) is 0 Å². The third-order valence-electron chi connectivity index (χ3n) is 2.57. The quantitative estimate of drug-likeness (QED) is 0.826. The van der Waals surface area contributed by atoms with Gasteiger partial charge in [-0.25, -0.2) is 0 Å². The lowest BCUT2D eigenvalue weighted by Gasteiger charge is -2.22. The fraction of sp³-hybridized carbons (Fsp3) is 0.800. The average molecular weight is 228 g/mol. The molecule has 1 rings (SSSR count). The minimum Gasteiger partial charge on any atom is -0.317 e. The molecule has 0 fully saturated rings. The molecular formula is C10H20N4S. The van der Waals surface area contributed by atoms with Gasteiger partial charge in [0.1, 0.15) is 11.6 Å². The second-order valence-corrected chi connectivity index (χ2v) is 5.80. The molecule has 0 aromatic carbocycles. The Morgan fingerprint density at radius 3 is 2.53 bits per heavy atom. The summed E-state index contributed by atoms with van der Waals surface area (Å²) in [5.74, 6) is 1.94. The number of hydrogen-bond acceptors (Lipinski definition) is 4. The van der Waals surface area contributed by atoms with Gasteiger partial charge in [-0.1, -0.05) is 0 Å². The summed E-state index contributed by atoms with van der Waals surface area (Å²) in [6.07, 6.45) is 2.13. The number of aryl methyl sites for hydroxylation is 1. The molecule has 5 heteroatoms. The Morgan fingerprint density at radius 1 is 1.40 bits per heavy atom. The van der Waals surface area contributed by atoms with Gasteiger partial charge in [0.25, 0.3) is 0 Å². The summed E-state index contributed by atoms with van der Waals surface area (Å²) in [6, 6.07) is 0. The molecule has 0 saturated heterocycles. The van der Waals surface area contributed by atoms with Gasteiger partial charge < -0.3 is 9.88 Å². The van der Waals surface area contributed by atoms with Crippen LogP contribution in [0, 0.1) is 6.92 Å². The van der Waals surface area contributed by atoms with E-state index in [1.807, 2.05) is 30.3 Å². The maximum atomic E-state index is 4.10. The topological polar surface area (TPSA) is 42.7 Å². The van der Waals surface area contributed by atoms with Crippen molar-refractivity contribution < 1.29 is 0 Å². The Hall–Kier alpha value is -0.550. The van der Waals surface area contributed by atoms with Gasteiger partial charge in [-0.05, 0) is 27.0 Å². The lowest BCUT2D eigenvalue weighted by Crippen LogP contribution is -2.32. The summed E-state index contributed by atoms with van der Waals surface area (Å²) in [7, 11) is 1.99. The van der Waals surface area contributed by atoms with E-state index in [1.54, 1.807) is 0 Å². The van der Waals surface area contributed by atoms with Gasteiger partial charge in [0, 0.05) is 18.3 Å².